The van der Waals surface area contributed by atoms with Crippen molar-refractivity contribution in [1.29, 1.82) is 0 Å². The van der Waals surface area contributed by atoms with Crippen LogP contribution in [0.25, 0.3) is 71.2 Å². The van der Waals surface area contributed by atoms with E-state index in [0.29, 0.717) is 5.92 Å². The summed E-state index contributed by atoms with van der Waals surface area (Å²) in [6.45, 7) is 11.8. The molecule has 0 spiro atoms. The fraction of sp³-hybridized carbons (Fsp3) is 0.140. The van der Waals surface area contributed by atoms with Crippen molar-refractivity contribution >= 4 is 73.8 Å². The number of hydrogen-bond acceptors (Lipinski definition) is 3. The first-order chi connectivity index (χ1) is 30.2. The van der Waals surface area contributed by atoms with E-state index >= 15 is 0 Å². The predicted molar refractivity (Wildman–Crippen MR) is 264 cm³/mol. The number of fused-ring (bicyclic) bond motifs is 7. The van der Waals surface area contributed by atoms with Crippen molar-refractivity contribution < 1.29 is 24.5 Å². The third kappa shape index (κ3) is 8.11. The Morgan fingerprint density at radius 3 is 2.14 bits per heavy atom. The molecule has 0 radical (unpaired) electrons. The molecule has 11 rings (SSSR count). The molecule has 6 heteroatoms. The largest absolute Gasteiger partial charge is 3.00 e. The van der Waals surface area contributed by atoms with Crippen LogP contribution in [0, 0.1) is 18.1 Å². The first-order valence-corrected chi connectivity index (χ1v) is 25.1. The number of aromatic nitrogens is 1. The smallest absolute Gasteiger partial charge is 0.661 e. The summed E-state index contributed by atoms with van der Waals surface area (Å²) in [5.41, 5.74) is 11.8. The van der Waals surface area contributed by atoms with Crippen LogP contribution in [0.1, 0.15) is 31.1 Å². The van der Waals surface area contributed by atoms with Gasteiger partial charge in [-0.05, 0) is 75.5 Å². The van der Waals surface area contributed by atoms with Crippen molar-refractivity contribution in [3.05, 3.63) is 205 Å². The molecule has 1 unspecified atom stereocenters. The Hall–Kier alpha value is -6.30. The maximum Gasteiger partial charge on any atom is 3.00 e. The van der Waals surface area contributed by atoms with E-state index in [1.165, 1.54) is 43.4 Å². The molecule has 63 heavy (non-hydrogen) atoms. The van der Waals surface area contributed by atoms with Crippen LogP contribution < -0.4 is 10.1 Å². The first-order valence-electron chi connectivity index (χ1n) is 21.6. The van der Waals surface area contributed by atoms with E-state index in [0.717, 1.165) is 62.2 Å². The van der Waals surface area contributed by atoms with Gasteiger partial charge < -0.3 is 19.6 Å². The molecule has 310 valence electrons. The van der Waals surface area contributed by atoms with Crippen LogP contribution in [0.3, 0.4) is 0 Å². The zero-order valence-electron chi connectivity index (χ0n) is 36.2. The minimum atomic E-state index is -1.43. The summed E-state index contributed by atoms with van der Waals surface area (Å²) in [6, 6.07) is 66.2. The molecule has 0 bridgehead atoms. The van der Waals surface area contributed by atoms with Crippen LogP contribution in [-0.2, 0) is 26.5 Å². The first kappa shape index (κ1) is 42.0. The van der Waals surface area contributed by atoms with Gasteiger partial charge in [0.25, 0.3) is 0 Å². The van der Waals surface area contributed by atoms with Gasteiger partial charge in [0.2, 0.25) is 0 Å². The Bertz CT molecular complexity index is 3230. The van der Waals surface area contributed by atoms with Gasteiger partial charge in [0.1, 0.15) is 5.58 Å². The van der Waals surface area contributed by atoms with E-state index in [1.54, 1.807) is 0 Å². The molecule has 3 heterocycles. The molecule has 0 aliphatic carbocycles. The van der Waals surface area contributed by atoms with Gasteiger partial charge in [-0.3, -0.25) is 0 Å². The second kappa shape index (κ2) is 17.5. The van der Waals surface area contributed by atoms with Crippen molar-refractivity contribution in [2.24, 2.45) is 5.92 Å². The summed E-state index contributed by atoms with van der Waals surface area (Å²) in [7, 11) is -1.43. The fourth-order valence-corrected chi connectivity index (χ4v) is 10.6. The second-order valence-corrected chi connectivity index (χ2v) is 22.7. The standard InChI is InChI=1S/C31H20N2O.C26H28NSi.Ir/c1-2-9-21(10-3-1)22-17-19-23(20-18-22)33-28-15-6-5-14-27(28)32-31(33)26-13-8-12-25-24-11-4-7-16-29(24)34-30(25)26;1-18(2)15-20-16-25(27-17-26(20)28(3,4)5)24-12-8-11-22-21-10-7-6-9-19(21)13-14-23(22)24;/h1-12,14-20,31H;6-11,13-14,16-18H,15H2,1-5H3;/q-2;-1;+3. The molecule has 2 aromatic heterocycles. The van der Waals surface area contributed by atoms with Crippen LogP contribution in [0.2, 0.25) is 19.6 Å². The summed E-state index contributed by atoms with van der Waals surface area (Å²) in [6.07, 6.45) is 2.99. The van der Waals surface area contributed by atoms with Crippen molar-refractivity contribution in [2.75, 3.05) is 4.90 Å². The maximum absolute atomic E-state index is 6.34. The number of rotatable bonds is 7. The monoisotopic (exact) mass is 1010 g/mol. The molecule has 1 aliphatic heterocycles. The van der Waals surface area contributed by atoms with E-state index in [-0.39, 0.29) is 26.3 Å². The van der Waals surface area contributed by atoms with Crippen molar-refractivity contribution in [1.82, 2.24) is 4.98 Å². The molecule has 10 aromatic rings. The molecule has 8 aromatic carbocycles. The maximum atomic E-state index is 6.34. The van der Waals surface area contributed by atoms with Gasteiger partial charge in [-0.15, -0.1) is 35.0 Å². The minimum Gasteiger partial charge on any atom is -0.661 e. The van der Waals surface area contributed by atoms with E-state index in [9.17, 15) is 0 Å². The Morgan fingerprint density at radius 1 is 0.667 bits per heavy atom. The fourth-order valence-electron chi connectivity index (χ4n) is 9.03. The molecule has 0 saturated carbocycles. The summed E-state index contributed by atoms with van der Waals surface area (Å²) >= 11 is 0. The number of nitrogens with zero attached hydrogens (tertiary/aromatic N) is 3. The molecule has 1 atom stereocenters. The van der Waals surface area contributed by atoms with Crippen LogP contribution in [-0.4, -0.2) is 13.1 Å². The molecule has 1 aliphatic rings. The quantitative estimate of drug-likeness (QED) is 0.0908. The molecular weight excluding hydrogens is 963 g/mol. The van der Waals surface area contributed by atoms with Gasteiger partial charge >= 0.3 is 20.1 Å². The second-order valence-electron chi connectivity index (χ2n) is 17.7. The molecule has 0 fully saturated rings. The summed E-state index contributed by atoms with van der Waals surface area (Å²) in [5.74, 6) is 0.630. The SMILES string of the molecule is CC(C)Cc1cc(-c2[c-]ccc3c2ccc2ccccc23)ncc1[Si](C)(C)C.[Ir+3].[c-]1ccc2c(oc3ccccc32)c1C1[N-]c2ccccc2N1c1ccc(-c2ccccc2)cc1. The zero-order chi connectivity index (χ0) is 42.4. The predicted octanol–water partition coefficient (Wildman–Crippen LogP) is 15.5. The molecule has 4 nitrogen and oxygen atoms in total. The Morgan fingerprint density at radius 2 is 1.35 bits per heavy atom. The van der Waals surface area contributed by atoms with Crippen molar-refractivity contribution in [3.63, 3.8) is 0 Å². The van der Waals surface area contributed by atoms with E-state index in [4.69, 9.17) is 14.7 Å². The molecule has 0 amide bonds. The number of furan rings is 1. The van der Waals surface area contributed by atoms with Gasteiger partial charge in [-0.1, -0.05) is 177 Å². The van der Waals surface area contributed by atoms with Crippen molar-refractivity contribution in [2.45, 2.75) is 46.1 Å². The minimum absolute atomic E-state index is 0. The van der Waals surface area contributed by atoms with Gasteiger partial charge in [0.05, 0.1) is 8.07 Å². The summed E-state index contributed by atoms with van der Waals surface area (Å²) < 4.78 is 6.34. The average molecular weight is 1010 g/mol. The number of hydrogen-bond donors (Lipinski definition) is 0. The average Bonchev–Trinajstić information content (AvgIpc) is 3.88. The van der Waals surface area contributed by atoms with Gasteiger partial charge in [-0.2, -0.15) is 18.2 Å². The molecule has 0 saturated heterocycles. The Labute approximate surface area is 385 Å². The normalized spacial score (nSPS) is 13.5. The number of pyridine rings is 1. The van der Waals surface area contributed by atoms with E-state index in [2.05, 4.69) is 184 Å². The Kier molecular flexibility index (Phi) is 11.6. The zero-order valence-corrected chi connectivity index (χ0v) is 39.6. The van der Waals surface area contributed by atoms with E-state index < -0.39 is 8.07 Å². The van der Waals surface area contributed by atoms with E-state index in [1.807, 2.05) is 42.5 Å². The van der Waals surface area contributed by atoms with Crippen LogP contribution in [0.15, 0.2) is 180 Å². The van der Waals surface area contributed by atoms with Crippen LogP contribution in [0.5, 0.6) is 0 Å². The van der Waals surface area contributed by atoms with Crippen LogP contribution in [0.4, 0.5) is 17.1 Å². The van der Waals surface area contributed by atoms with Crippen molar-refractivity contribution in [3.8, 4) is 22.4 Å². The summed E-state index contributed by atoms with van der Waals surface area (Å²) in [4.78, 5) is 7.20. The van der Waals surface area contributed by atoms with Crippen LogP contribution >= 0.6 is 0 Å². The summed E-state index contributed by atoms with van der Waals surface area (Å²) in [5, 5.41) is 13.9. The third-order valence-electron chi connectivity index (χ3n) is 11.9. The van der Waals surface area contributed by atoms with Gasteiger partial charge in [0, 0.05) is 28.5 Å². The van der Waals surface area contributed by atoms with Gasteiger partial charge in [-0.25, -0.2) is 0 Å². The Balaban J connectivity index is 0.000000161. The third-order valence-corrected chi connectivity index (χ3v) is 14.0. The number of benzene rings is 8. The number of para-hydroxylation sites is 3. The molecular formula is C57H48IrN3OSi. The number of anilines is 2. The topological polar surface area (TPSA) is 43.4 Å². The molecule has 0 N–H and O–H groups in total. The van der Waals surface area contributed by atoms with Gasteiger partial charge in [0.15, 0.2) is 0 Å².